The van der Waals surface area contributed by atoms with E-state index in [2.05, 4.69) is 41.2 Å². The molecule has 1 aliphatic heterocycles. The number of carbonyl (C=O) groups is 4. The maximum absolute atomic E-state index is 14.3. The fourth-order valence-corrected chi connectivity index (χ4v) is 6.50. The van der Waals surface area contributed by atoms with E-state index < -0.39 is 35.7 Å². The quantitative estimate of drug-likeness (QED) is 0.0617. The van der Waals surface area contributed by atoms with E-state index in [4.69, 9.17) is 0 Å². The van der Waals surface area contributed by atoms with E-state index in [9.17, 15) is 19.2 Å². The van der Waals surface area contributed by atoms with Gasteiger partial charge in [0.05, 0.1) is 0 Å². The first-order valence-electron chi connectivity index (χ1n) is 16.5. The van der Waals surface area contributed by atoms with Gasteiger partial charge in [-0.1, -0.05) is 92.4 Å². The molecule has 4 rings (SSSR count). The van der Waals surface area contributed by atoms with Crippen LogP contribution in [0.4, 0.5) is 11.4 Å². The van der Waals surface area contributed by atoms with Gasteiger partial charge in [0, 0.05) is 23.8 Å². The summed E-state index contributed by atoms with van der Waals surface area (Å²) in [6, 6.07) is 26.1. The molecule has 1 heterocycles. The second-order valence-corrected chi connectivity index (χ2v) is 12.8. The number of nitrogens with one attached hydrogen (secondary N) is 3. The molecule has 3 aromatic rings. The van der Waals surface area contributed by atoms with E-state index in [-0.39, 0.29) is 18.4 Å². The standard InChI is InChI=1S/C37H46N4O4S2/c42-34(38-28-18-8-2-9-19-28)31(22-12-4-14-24-46)40-36(44)33-30(27-16-6-1-7-17-27)26-41(37(33)45)32(23-13-5-15-25-47)35(43)39-29-20-10-3-11-21-29/h1-3,6-11,16-21,30-33,46-47H,4-5,12-15,22-26H2,(H,38,42)(H,39,43)(H,40,44)/t30-,31+,32+,33+/m1/s1. The van der Waals surface area contributed by atoms with Crippen LogP contribution in [0.3, 0.4) is 0 Å². The lowest BCUT2D eigenvalue weighted by Crippen LogP contribution is -2.50. The van der Waals surface area contributed by atoms with Crippen molar-refractivity contribution in [3.05, 3.63) is 96.6 Å². The molecular formula is C37H46N4O4S2. The summed E-state index contributed by atoms with van der Waals surface area (Å²) in [5, 5.41) is 8.83. The Kier molecular flexibility index (Phi) is 14.7. The Morgan fingerprint density at radius 2 is 1.19 bits per heavy atom. The number of unbranched alkanes of at least 4 members (excludes halogenated alkanes) is 4. The summed E-state index contributed by atoms with van der Waals surface area (Å²) in [6.07, 6.45) is 5.87. The number of hydrogen-bond acceptors (Lipinski definition) is 6. The fraction of sp³-hybridized carbons (Fsp3) is 0.405. The Balaban J connectivity index is 1.60. The van der Waals surface area contributed by atoms with Gasteiger partial charge >= 0.3 is 0 Å². The van der Waals surface area contributed by atoms with Crippen molar-refractivity contribution in [3.63, 3.8) is 0 Å². The van der Waals surface area contributed by atoms with Crippen molar-refractivity contribution in [2.45, 2.75) is 69.4 Å². The first-order valence-corrected chi connectivity index (χ1v) is 17.8. The molecule has 10 heteroatoms. The average Bonchev–Trinajstić information content (AvgIpc) is 3.43. The van der Waals surface area contributed by atoms with Crippen molar-refractivity contribution in [2.75, 3.05) is 28.7 Å². The van der Waals surface area contributed by atoms with Crippen LogP contribution in [0, 0.1) is 5.92 Å². The number of rotatable bonds is 18. The van der Waals surface area contributed by atoms with Crippen LogP contribution in [0.2, 0.25) is 0 Å². The minimum absolute atomic E-state index is 0.212. The summed E-state index contributed by atoms with van der Waals surface area (Å²) < 4.78 is 0. The molecule has 0 unspecified atom stereocenters. The van der Waals surface area contributed by atoms with Crippen molar-refractivity contribution in [2.24, 2.45) is 5.92 Å². The van der Waals surface area contributed by atoms with Gasteiger partial charge in [-0.15, -0.1) is 0 Å². The number of para-hydroxylation sites is 2. The van der Waals surface area contributed by atoms with Crippen LogP contribution in [-0.4, -0.2) is 58.7 Å². The second kappa shape index (κ2) is 19.2. The predicted molar refractivity (Wildman–Crippen MR) is 195 cm³/mol. The Bertz CT molecular complexity index is 1430. The van der Waals surface area contributed by atoms with E-state index >= 15 is 0 Å². The van der Waals surface area contributed by atoms with Crippen molar-refractivity contribution in [1.82, 2.24) is 10.2 Å². The van der Waals surface area contributed by atoms with Gasteiger partial charge in [0.15, 0.2) is 0 Å². The first-order chi connectivity index (χ1) is 22.9. The van der Waals surface area contributed by atoms with Crippen molar-refractivity contribution >= 4 is 60.3 Å². The maximum Gasteiger partial charge on any atom is 0.247 e. The molecule has 1 aliphatic rings. The van der Waals surface area contributed by atoms with E-state index in [0.717, 1.165) is 49.2 Å². The summed E-state index contributed by atoms with van der Waals surface area (Å²) >= 11 is 8.62. The lowest BCUT2D eigenvalue weighted by atomic mass is 9.87. The average molecular weight is 675 g/mol. The highest BCUT2D eigenvalue weighted by atomic mass is 32.1. The molecule has 0 bridgehead atoms. The summed E-state index contributed by atoms with van der Waals surface area (Å²) in [5.74, 6) is -1.63. The highest BCUT2D eigenvalue weighted by Gasteiger charge is 2.49. The van der Waals surface area contributed by atoms with E-state index in [1.165, 1.54) is 0 Å². The fourth-order valence-electron chi connectivity index (χ4n) is 6.05. The van der Waals surface area contributed by atoms with Gasteiger partial charge in [0.1, 0.15) is 18.0 Å². The molecule has 0 spiro atoms. The smallest absolute Gasteiger partial charge is 0.247 e. The van der Waals surface area contributed by atoms with Crippen LogP contribution in [0.25, 0.3) is 0 Å². The van der Waals surface area contributed by atoms with E-state index in [1.54, 1.807) is 17.0 Å². The molecular weight excluding hydrogens is 629 g/mol. The van der Waals surface area contributed by atoms with Gasteiger partial charge in [-0.25, -0.2) is 0 Å². The van der Waals surface area contributed by atoms with Crippen LogP contribution in [0.15, 0.2) is 91.0 Å². The molecule has 47 heavy (non-hydrogen) atoms. The van der Waals surface area contributed by atoms with Crippen molar-refractivity contribution in [1.29, 1.82) is 0 Å². The zero-order valence-corrected chi connectivity index (χ0v) is 28.5. The summed E-state index contributed by atoms with van der Waals surface area (Å²) in [5.41, 5.74) is 2.10. The van der Waals surface area contributed by atoms with Gasteiger partial charge in [-0.3, -0.25) is 19.2 Å². The van der Waals surface area contributed by atoms with Gasteiger partial charge in [-0.05, 0) is 67.0 Å². The third-order valence-corrected chi connectivity index (χ3v) is 9.17. The number of nitrogens with zero attached hydrogens (tertiary/aromatic N) is 1. The van der Waals surface area contributed by atoms with Gasteiger partial charge in [0.25, 0.3) is 0 Å². The van der Waals surface area contributed by atoms with Crippen LogP contribution in [-0.2, 0) is 19.2 Å². The molecule has 0 saturated carbocycles. The molecule has 3 aromatic carbocycles. The molecule has 3 N–H and O–H groups in total. The third kappa shape index (κ3) is 10.6. The molecule has 4 atom stereocenters. The zero-order chi connectivity index (χ0) is 33.4. The second-order valence-electron chi connectivity index (χ2n) is 11.9. The Labute approximate surface area is 289 Å². The van der Waals surface area contributed by atoms with Crippen molar-refractivity contribution in [3.8, 4) is 0 Å². The number of amides is 4. The number of anilines is 2. The maximum atomic E-state index is 14.3. The van der Waals surface area contributed by atoms with Crippen LogP contribution >= 0.6 is 25.3 Å². The Hall–Kier alpha value is -3.76. The molecule has 1 saturated heterocycles. The van der Waals surface area contributed by atoms with E-state index in [1.807, 2.05) is 78.9 Å². The minimum Gasteiger partial charge on any atom is -0.344 e. The van der Waals surface area contributed by atoms with Gasteiger partial charge < -0.3 is 20.9 Å². The van der Waals surface area contributed by atoms with Crippen LogP contribution < -0.4 is 16.0 Å². The summed E-state index contributed by atoms with van der Waals surface area (Å²) in [4.78, 5) is 57.3. The minimum atomic E-state index is -1.09. The largest absolute Gasteiger partial charge is 0.344 e. The summed E-state index contributed by atoms with van der Waals surface area (Å²) in [7, 11) is 0. The Morgan fingerprint density at radius 3 is 1.74 bits per heavy atom. The number of thiol groups is 2. The summed E-state index contributed by atoms with van der Waals surface area (Å²) in [6.45, 7) is 0.212. The first kappa shape index (κ1) is 36.1. The molecule has 0 aromatic heterocycles. The molecule has 0 aliphatic carbocycles. The van der Waals surface area contributed by atoms with Crippen LogP contribution in [0.5, 0.6) is 0 Å². The lowest BCUT2D eigenvalue weighted by molar-refractivity contribution is -0.143. The molecule has 1 fully saturated rings. The molecule has 4 amide bonds. The molecule has 8 nitrogen and oxygen atoms in total. The van der Waals surface area contributed by atoms with Gasteiger partial charge in [-0.2, -0.15) is 25.3 Å². The number of benzene rings is 3. The highest BCUT2D eigenvalue weighted by molar-refractivity contribution is 7.80. The zero-order valence-electron chi connectivity index (χ0n) is 26.7. The third-order valence-electron chi connectivity index (χ3n) is 8.54. The molecule has 250 valence electrons. The van der Waals surface area contributed by atoms with Gasteiger partial charge in [0.2, 0.25) is 23.6 Å². The topological polar surface area (TPSA) is 108 Å². The number of likely N-dealkylation sites (tertiary alicyclic amines) is 1. The monoisotopic (exact) mass is 674 g/mol. The van der Waals surface area contributed by atoms with E-state index in [0.29, 0.717) is 30.6 Å². The SMILES string of the molecule is O=C(N[C@@H](CCCCCS)C(=O)Nc1ccccc1)[C@H]1C(=O)N([C@@H](CCCCCS)C(=O)Nc2ccccc2)C[C@@H]1c1ccccc1. The Morgan fingerprint density at radius 1 is 0.681 bits per heavy atom. The normalized spacial score (nSPS) is 17.1. The lowest BCUT2D eigenvalue weighted by Gasteiger charge is -2.28. The van der Waals surface area contributed by atoms with Crippen LogP contribution in [0.1, 0.15) is 62.8 Å². The molecule has 0 radical (unpaired) electrons. The predicted octanol–water partition coefficient (Wildman–Crippen LogP) is 6.34. The number of hydrogen-bond donors (Lipinski definition) is 5. The van der Waals surface area contributed by atoms with Crippen molar-refractivity contribution < 1.29 is 19.2 Å². The highest BCUT2D eigenvalue weighted by Crippen LogP contribution is 2.36. The number of carbonyl (C=O) groups excluding carboxylic acids is 4.